The van der Waals surface area contributed by atoms with Crippen LogP contribution >= 0.6 is 23.2 Å². The number of anilines is 1. The second kappa shape index (κ2) is 12.4. The number of amides is 2. The Kier molecular flexibility index (Phi) is 9.69. The molecule has 0 saturated heterocycles. The molecule has 3 aromatic carbocycles. The minimum absolute atomic E-state index is 0.0153. The van der Waals surface area contributed by atoms with Crippen molar-refractivity contribution in [3.05, 3.63) is 94.0 Å². The third-order valence-electron chi connectivity index (χ3n) is 6.00. The van der Waals surface area contributed by atoms with Crippen LogP contribution in [0.5, 0.6) is 0 Å². The maximum absolute atomic E-state index is 14.0. The van der Waals surface area contributed by atoms with Crippen molar-refractivity contribution in [2.75, 3.05) is 10.8 Å². The van der Waals surface area contributed by atoms with E-state index in [0.29, 0.717) is 26.9 Å². The first-order chi connectivity index (χ1) is 18.2. The zero-order chi connectivity index (χ0) is 29.0. The highest BCUT2D eigenvalue weighted by atomic mass is 35.5. The van der Waals surface area contributed by atoms with E-state index >= 15 is 0 Å². The molecule has 0 bridgehead atoms. The van der Waals surface area contributed by atoms with Gasteiger partial charge in [0.25, 0.3) is 10.0 Å². The third-order valence-corrected chi connectivity index (χ3v) is 8.51. The number of halogens is 2. The molecule has 0 aliphatic carbocycles. The summed E-state index contributed by atoms with van der Waals surface area (Å²) in [4.78, 5) is 28.5. The maximum atomic E-state index is 14.0. The lowest BCUT2D eigenvalue weighted by Gasteiger charge is -2.34. The molecule has 1 N–H and O–H groups in total. The lowest BCUT2D eigenvalue weighted by molar-refractivity contribution is -0.140. The van der Waals surface area contributed by atoms with Crippen molar-refractivity contribution >= 4 is 50.7 Å². The van der Waals surface area contributed by atoms with Crippen LogP contribution in [0, 0.1) is 6.92 Å². The molecular weight excluding hydrogens is 557 g/mol. The number of aryl methyl sites for hydroxylation is 1. The molecule has 1 atom stereocenters. The van der Waals surface area contributed by atoms with Gasteiger partial charge in [-0.3, -0.25) is 13.9 Å². The zero-order valence-corrected chi connectivity index (χ0v) is 24.9. The number of benzene rings is 3. The highest BCUT2D eigenvalue weighted by molar-refractivity contribution is 7.92. The molecule has 39 heavy (non-hydrogen) atoms. The monoisotopic (exact) mass is 589 g/mol. The largest absolute Gasteiger partial charge is 0.350 e. The molecule has 0 saturated carbocycles. The Bertz CT molecular complexity index is 1440. The molecule has 10 heteroatoms. The van der Waals surface area contributed by atoms with Crippen molar-refractivity contribution in [1.29, 1.82) is 0 Å². The Morgan fingerprint density at radius 1 is 0.923 bits per heavy atom. The van der Waals surface area contributed by atoms with Crippen LogP contribution in [-0.2, 0) is 26.2 Å². The van der Waals surface area contributed by atoms with Crippen LogP contribution in [0.15, 0.2) is 77.7 Å². The summed E-state index contributed by atoms with van der Waals surface area (Å²) in [5, 5.41) is 3.56. The fraction of sp³-hybridized carbons (Fsp3) is 0.310. The number of nitrogens with zero attached hydrogens (tertiary/aromatic N) is 2. The molecule has 3 aromatic rings. The quantitative estimate of drug-likeness (QED) is 0.340. The lowest BCUT2D eigenvalue weighted by Crippen LogP contribution is -2.54. The molecule has 2 amide bonds. The fourth-order valence-corrected chi connectivity index (χ4v) is 5.79. The molecule has 0 aliphatic heterocycles. The van der Waals surface area contributed by atoms with Gasteiger partial charge in [0.05, 0.1) is 20.6 Å². The summed E-state index contributed by atoms with van der Waals surface area (Å²) in [7, 11) is -4.12. The number of carbonyl (C=O) groups excluding carboxylic acids is 2. The molecule has 0 heterocycles. The summed E-state index contributed by atoms with van der Waals surface area (Å²) in [5.74, 6) is -0.926. The standard InChI is InChI=1S/C29H33Cl2N3O4S/c1-20-11-9-10-14-26(20)34(39(37,38)23-12-7-6-8-13-23)19-27(35)33(21(2)28(36)32-29(3,4)5)18-22-15-16-24(30)25(31)17-22/h6-17,21H,18-19H2,1-5H3,(H,32,36)/t21-/m1/s1. The average Bonchev–Trinajstić information content (AvgIpc) is 2.87. The van der Waals surface area contributed by atoms with Gasteiger partial charge in [0.15, 0.2) is 0 Å². The summed E-state index contributed by atoms with van der Waals surface area (Å²) in [6.07, 6.45) is 0. The molecule has 0 spiro atoms. The van der Waals surface area contributed by atoms with Crippen molar-refractivity contribution in [2.24, 2.45) is 0 Å². The first-order valence-electron chi connectivity index (χ1n) is 12.4. The van der Waals surface area contributed by atoms with Gasteiger partial charge in [0, 0.05) is 12.1 Å². The first-order valence-corrected chi connectivity index (χ1v) is 14.6. The fourth-order valence-electron chi connectivity index (χ4n) is 3.97. The van der Waals surface area contributed by atoms with E-state index in [9.17, 15) is 18.0 Å². The molecule has 208 valence electrons. The molecular formula is C29H33Cl2N3O4S. The van der Waals surface area contributed by atoms with Gasteiger partial charge in [0.1, 0.15) is 12.6 Å². The number of nitrogens with one attached hydrogen (secondary N) is 1. The summed E-state index contributed by atoms with van der Waals surface area (Å²) < 4.78 is 28.7. The van der Waals surface area contributed by atoms with E-state index in [1.54, 1.807) is 74.5 Å². The Morgan fingerprint density at radius 3 is 2.13 bits per heavy atom. The summed E-state index contributed by atoms with van der Waals surface area (Å²) in [6.45, 7) is 8.41. The van der Waals surface area contributed by atoms with Gasteiger partial charge in [0.2, 0.25) is 11.8 Å². The van der Waals surface area contributed by atoms with Crippen LogP contribution in [-0.4, -0.2) is 43.3 Å². The second-order valence-corrected chi connectivity index (χ2v) is 13.0. The Balaban J connectivity index is 2.05. The summed E-state index contributed by atoms with van der Waals surface area (Å²) >= 11 is 12.3. The molecule has 3 rings (SSSR count). The molecule has 0 unspecified atom stereocenters. The minimum Gasteiger partial charge on any atom is -0.350 e. The number of para-hydroxylation sites is 1. The summed E-state index contributed by atoms with van der Waals surface area (Å²) in [6, 6.07) is 18.9. The van der Waals surface area contributed by atoms with Gasteiger partial charge in [-0.05, 0) is 76.1 Å². The SMILES string of the molecule is Cc1ccccc1N(CC(=O)N(Cc1ccc(Cl)c(Cl)c1)[C@H](C)C(=O)NC(C)(C)C)S(=O)(=O)c1ccccc1. The Hall–Kier alpha value is -3.07. The number of hydrogen-bond acceptors (Lipinski definition) is 4. The first kappa shape index (κ1) is 30.5. The Labute approximate surface area is 240 Å². The van der Waals surface area contributed by atoms with Crippen molar-refractivity contribution < 1.29 is 18.0 Å². The van der Waals surface area contributed by atoms with Crippen LogP contribution in [0.4, 0.5) is 5.69 Å². The van der Waals surface area contributed by atoms with Crippen molar-refractivity contribution in [1.82, 2.24) is 10.2 Å². The maximum Gasteiger partial charge on any atom is 0.264 e. The van der Waals surface area contributed by atoms with Crippen LogP contribution in [0.2, 0.25) is 10.0 Å². The van der Waals surface area contributed by atoms with E-state index in [4.69, 9.17) is 23.2 Å². The van der Waals surface area contributed by atoms with Gasteiger partial charge in [-0.2, -0.15) is 0 Å². The van der Waals surface area contributed by atoms with E-state index in [0.717, 1.165) is 4.31 Å². The van der Waals surface area contributed by atoms with Gasteiger partial charge in [-0.25, -0.2) is 8.42 Å². The van der Waals surface area contributed by atoms with Crippen LogP contribution in [0.25, 0.3) is 0 Å². The number of hydrogen-bond donors (Lipinski definition) is 1. The van der Waals surface area contributed by atoms with E-state index < -0.39 is 34.1 Å². The topological polar surface area (TPSA) is 86.8 Å². The van der Waals surface area contributed by atoms with E-state index in [-0.39, 0.29) is 17.3 Å². The smallest absolute Gasteiger partial charge is 0.264 e. The predicted octanol–water partition coefficient (Wildman–Crippen LogP) is 5.83. The third kappa shape index (κ3) is 7.75. The van der Waals surface area contributed by atoms with Crippen molar-refractivity contribution in [3.8, 4) is 0 Å². The molecule has 0 radical (unpaired) electrons. The predicted molar refractivity (Wildman–Crippen MR) is 157 cm³/mol. The highest BCUT2D eigenvalue weighted by Gasteiger charge is 2.33. The average molecular weight is 591 g/mol. The normalized spacial score (nSPS) is 12.5. The number of sulfonamides is 1. The molecule has 0 aromatic heterocycles. The van der Waals surface area contributed by atoms with E-state index in [1.807, 2.05) is 20.8 Å². The molecule has 7 nitrogen and oxygen atoms in total. The van der Waals surface area contributed by atoms with Crippen molar-refractivity contribution in [3.63, 3.8) is 0 Å². The van der Waals surface area contributed by atoms with E-state index in [1.165, 1.54) is 17.0 Å². The van der Waals surface area contributed by atoms with Gasteiger partial charge in [-0.1, -0.05) is 65.7 Å². The Morgan fingerprint density at radius 2 is 1.54 bits per heavy atom. The van der Waals surface area contributed by atoms with Crippen molar-refractivity contribution in [2.45, 2.75) is 57.6 Å². The van der Waals surface area contributed by atoms with E-state index in [2.05, 4.69) is 5.32 Å². The number of rotatable bonds is 9. The van der Waals surface area contributed by atoms with Gasteiger partial charge in [-0.15, -0.1) is 0 Å². The number of carbonyl (C=O) groups is 2. The lowest BCUT2D eigenvalue weighted by atomic mass is 10.1. The van der Waals surface area contributed by atoms with Crippen LogP contribution < -0.4 is 9.62 Å². The summed E-state index contributed by atoms with van der Waals surface area (Å²) in [5.41, 5.74) is 1.16. The second-order valence-electron chi connectivity index (χ2n) is 10.3. The highest BCUT2D eigenvalue weighted by Crippen LogP contribution is 2.28. The molecule has 0 aliphatic rings. The van der Waals surface area contributed by atoms with Crippen LogP contribution in [0.1, 0.15) is 38.8 Å². The van der Waals surface area contributed by atoms with Gasteiger partial charge >= 0.3 is 0 Å². The molecule has 0 fully saturated rings. The minimum atomic E-state index is -4.12. The van der Waals surface area contributed by atoms with Gasteiger partial charge < -0.3 is 10.2 Å². The zero-order valence-electron chi connectivity index (χ0n) is 22.6. The van der Waals surface area contributed by atoms with Crippen LogP contribution in [0.3, 0.4) is 0 Å².